The zero-order valence-electron chi connectivity index (χ0n) is 14.1. The zero-order chi connectivity index (χ0) is 17.5. The molecule has 7 heteroatoms. The van der Waals surface area contributed by atoms with Gasteiger partial charge in [0, 0.05) is 32.2 Å². The lowest BCUT2D eigenvalue weighted by Crippen LogP contribution is -2.38. The highest BCUT2D eigenvalue weighted by Crippen LogP contribution is 2.22. The van der Waals surface area contributed by atoms with E-state index in [1.807, 2.05) is 6.07 Å². The smallest absolute Gasteiger partial charge is 0.263 e. The molecule has 2 aromatic rings. The molecule has 1 aliphatic heterocycles. The van der Waals surface area contributed by atoms with Gasteiger partial charge in [0.1, 0.15) is 4.88 Å². The number of amides is 1. The normalized spacial score (nSPS) is 15.9. The van der Waals surface area contributed by atoms with Gasteiger partial charge in [0.2, 0.25) is 0 Å². The minimum Gasteiger partial charge on any atom is -0.395 e. The monoisotopic (exact) mass is 360 g/mol. The zero-order valence-corrected chi connectivity index (χ0v) is 15.0. The second kappa shape index (κ2) is 8.94. The molecule has 134 valence electrons. The van der Waals surface area contributed by atoms with Crippen LogP contribution in [0, 0.1) is 0 Å². The van der Waals surface area contributed by atoms with Gasteiger partial charge in [0.25, 0.3) is 5.91 Å². The molecular weight excluding hydrogens is 336 g/mol. The number of aliphatic hydroxyl groups excluding tert-OH is 1. The predicted octanol–water partition coefficient (Wildman–Crippen LogP) is 1.94. The number of thiazole rings is 1. The summed E-state index contributed by atoms with van der Waals surface area (Å²) in [4.78, 5) is 19.2. The van der Waals surface area contributed by atoms with Crippen LogP contribution in [-0.2, 0) is 6.54 Å². The summed E-state index contributed by atoms with van der Waals surface area (Å²) in [6.07, 6.45) is 3.72. The third-order valence-corrected chi connectivity index (χ3v) is 5.22. The van der Waals surface area contributed by atoms with Gasteiger partial charge < -0.3 is 15.7 Å². The average Bonchev–Trinajstić information content (AvgIpc) is 3.11. The Morgan fingerprint density at radius 3 is 2.76 bits per heavy atom. The molecule has 6 nitrogen and oxygen atoms in total. The molecule has 3 N–H and O–H groups in total. The molecule has 0 radical (unpaired) electrons. The Balaban J connectivity index is 1.44. The highest BCUT2D eigenvalue weighted by Gasteiger charge is 2.20. The highest BCUT2D eigenvalue weighted by molar-refractivity contribution is 7.17. The first-order valence-electron chi connectivity index (χ1n) is 8.62. The molecule has 0 unspecified atom stereocenters. The molecule has 2 heterocycles. The maximum Gasteiger partial charge on any atom is 0.263 e. The number of nitrogens with zero attached hydrogens (tertiary/aromatic N) is 2. The number of carbonyl (C=O) groups is 1. The third-order valence-electron chi connectivity index (χ3n) is 4.29. The van der Waals surface area contributed by atoms with E-state index in [4.69, 9.17) is 5.11 Å². The van der Waals surface area contributed by atoms with Crippen LogP contribution in [0.3, 0.4) is 0 Å². The summed E-state index contributed by atoms with van der Waals surface area (Å²) in [5.41, 5.74) is 1.35. The minimum absolute atomic E-state index is 0.0583. The number of carbonyl (C=O) groups excluding carboxylic acids is 1. The lowest BCUT2D eigenvalue weighted by molar-refractivity contribution is 0.0948. The van der Waals surface area contributed by atoms with E-state index in [9.17, 15) is 4.79 Å². The van der Waals surface area contributed by atoms with Gasteiger partial charge in [0.15, 0.2) is 5.13 Å². The molecule has 0 saturated carbocycles. The number of hydrogen-bond donors (Lipinski definition) is 3. The second-order valence-electron chi connectivity index (χ2n) is 6.19. The van der Waals surface area contributed by atoms with Crippen molar-refractivity contribution in [3.05, 3.63) is 47.0 Å². The van der Waals surface area contributed by atoms with Crippen molar-refractivity contribution in [1.82, 2.24) is 15.2 Å². The molecule has 1 aliphatic rings. The lowest BCUT2D eigenvalue weighted by Gasteiger charge is -2.32. The van der Waals surface area contributed by atoms with Gasteiger partial charge in [0.05, 0.1) is 12.8 Å². The summed E-state index contributed by atoms with van der Waals surface area (Å²) in [6, 6.07) is 10.9. The molecule has 25 heavy (non-hydrogen) atoms. The van der Waals surface area contributed by atoms with E-state index in [1.165, 1.54) is 16.9 Å². The summed E-state index contributed by atoms with van der Waals surface area (Å²) in [6.45, 7) is 3.32. The van der Waals surface area contributed by atoms with Gasteiger partial charge in [-0.25, -0.2) is 4.98 Å². The topological polar surface area (TPSA) is 77.5 Å². The number of likely N-dealkylation sites (tertiary alicyclic amines) is 1. The Labute approximate surface area is 151 Å². The SMILES string of the molecule is O=C(NCCO)c1cnc(NC2CCN(Cc3ccccc3)CC2)s1. The first kappa shape index (κ1) is 17.8. The molecule has 1 fully saturated rings. The quantitative estimate of drug-likeness (QED) is 0.703. The summed E-state index contributed by atoms with van der Waals surface area (Å²) >= 11 is 1.36. The molecule has 1 saturated heterocycles. The number of benzene rings is 1. The maximum atomic E-state index is 11.8. The fraction of sp³-hybridized carbons (Fsp3) is 0.444. The predicted molar refractivity (Wildman–Crippen MR) is 99.9 cm³/mol. The molecular formula is C18H24N4O2S. The number of anilines is 1. The second-order valence-corrected chi connectivity index (χ2v) is 7.22. The Morgan fingerprint density at radius 1 is 1.28 bits per heavy atom. The van der Waals surface area contributed by atoms with E-state index < -0.39 is 0 Å². The summed E-state index contributed by atoms with van der Waals surface area (Å²) < 4.78 is 0. The largest absolute Gasteiger partial charge is 0.395 e. The molecule has 1 aromatic carbocycles. The van der Waals surface area contributed by atoms with E-state index >= 15 is 0 Å². The molecule has 1 aromatic heterocycles. The maximum absolute atomic E-state index is 11.8. The van der Waals surface area contributed by atoms with Crippen LogP contribution in [-0.4, -0.2) is 53.2 Å². The van der Waals surface area contributed by atoms with Crippen LogP contribution in [0.1, 0.15) is 28.1 Å². The van der Waals surface area contributed by atoms with Gasteiger partial charge in [-0.3, -0.25) is 9.69 Å². The fourth-order valence-electron chi connectivity index (χ4n) is 2.95. The van der Waals surface area contributed by atoms with Crippen molar-refractivity contribution >= 4 is 22.4 Å². The number of aromatic nitrogens is 1. The Hall–Kier alpha value is -1.96. The third kappa shape index (κ3) is 5.26. The number of aliphatic hydroxyl groups is 1. The first-order chi connectivity index (χ1) is 12.2. The first-order valence-corrected chi connectivity index (χ1v) is 9.44. The summed E-state index contributed by atoms with van der Waals surface area (Å²) in [5.74, 6) is -0.183. The van der Waals surface area contributed by atoms with Crippen molar-refractivity contribution in [2.45, 2.75) is 25.4 Å². The van der Waals surface area contributed by atoms with Gasteiger partial charge in [-0.1, -0.05) is 41.7 Å². The number of nitrogens with one attached hydrogen (secondary N) is 2. The number of rotatable bonds is 7. The summed E-state index contributed by atoms with van der Waals surface area (Å²) in [7, 11) is 0. The van der Waals surface area contributed by atoms with E-state index in [0.29, 0.717) is 10.9 Å². The molecule has 0 bridgehead atoms. The van der Waals surface area contributed by atoms with Crippen LogP contribution in [0.5, 0.6) is 0 Å². The molecule has 0 spiro atoms. The van der Waals surface area contributed by atoms with Gasteiger partial charge >= 0.3 is 0 Å². The van der Waals surface area contributed by atoms with Crippen LogP contribution in [0.25, 0.3) is 0 Å². The van der Waals surface area contributed by atoms with Crippen LogP contribution >= 0.6 is 11.3 Å². The Kier molecular flexibility index (Phi) is 6.38. The Bertz CT molecular complexity index is 669. The van der Waals surface area contributed by atoms with Gasteiger partial charge in [-0.15, -0.1) is 0 Å². The van der Waals surface area contributed by atoms with E-state index in [-0.39, 0.29) is 19.1 Å². The van der Waals surface area contributed by atoms with Gasteiger partial charge in [-0.2, -0.15) is 0 Å². The van der Waals surface area contributed by atoms with Crippen molar-refractivity contribution in [2.75, 3.05) is 31.6 Å². The van der Waals surface area contributed by atoms with Crippen LogP contribution in [0.4, 0.5) is 5.13 Å². The van der Waals surface area contributed by atoms with Crippen molar-refractivity contribution in [1.29, 1.82) is 0 Å². The van der Waals surface area contributed by atoms with Crippen LogP contribution in [0.2, 0.25) is 0 Å². The van der Waals surface area contributed by atoms with Crippen molar-refractivity contribution in [3.63, 3.8) is 0 Å². The number of hydrogen-bond acceptors (Lipinski definition) is 6. The lowest BCUT2D eigenvalue weighted by atomic mass is 10.0. The van der Waals surface area contributed by atoms with Crippen molar-refractivity contribution in [2.24, 2.45) is 0 Å². The standard InChI is InChI=1S/C18H24N4O2S/c23-11-8-19-17(24)16-12-20-18(25-16)21-15-6-9-22(10-7-15)13-14-4-2-1-3-5-14/h1-5,12,15,23H,6-11,13H2,(H,19,24)(H,20,21). The van der Waals surface area contributed by atoms with Crippen LogP contribution < -0.4 is 10.6 Å². The van der Waals surface area contributed by atoms with E-state index in [1.54, 1.807) is 6.20 Å². The van der Waals surface area contributed by atoms with E-state index in [2.05, 4.69) is 44.8 Å². The molecule has 1 amide bonds. The fourth-order valence-corrected chi connectivity index (χ4v) is 3.76. The van der Waals surface area contributed by atoms with Crippen molar-refractivity contribution < 1.29 is 9.90 Å². The number of piperidine rings is 1. The highest BCUT2D eigenvalue weighted by atomic mass is 32.1. The van der Waals surface area contributed by atoms with E-state index in [0.717, 1.165) is 37.6 Å². The van der Waals surface area contributed by atoms with Crippen LogP contribution in [0.15, 0.2) is 36.5 Å². The summed E-state index contributed by atoms with van der Waals surface area (Å²) in [5, 5.41) is 15.6. The average molecular weight is 360 g/mol. The minimum atomic E-state index is -0.183. The molecule has 0 atom stereocenters. The molecule has 0 aliphatic carbocycles. The Morgan fingerprint density at radius 2 is 2.04 bits per heavy atom. The van der Waals surface area contributed by atoms with Gasteiger partial charge in [-0.05, 0) is 18.4 Å². The molecule has 3 rings (SSSR count). The van der Waals surface area contributed by atoms with Crippen molar-refractivity contribution in [3.8, 4) is 0 Å².